The molecule has 3 aromatic rings. The zero-order valence-corrected chi connectivity index (χ0v) is 17.1. The largest absolute Gasteiger partial charge is 0.462 e. The summed E-state index contributed by atoms with van der Waals surface area (Å²) in [4.78, 5) is 44.8. The van der Waals surface area contributed by atoms with E-state index in [1.54, 1.807) is 18.7 Å². The maximum Gasteiger partial charge on any atom is 0.348 e. The highest BCUT2D eigenvalue weighted by Gasteiger charge is 2.23. The maximum absolute atomic E-state index is 13.0. The minimum absolute atomic E-state index is 0.0754. The number of rotatable bonds is 4. The molecule has 1 aliphatic heterocycles. The van der Waals surface area contributed by atoms with Crippen molar-refractivity contribution in [2.75, 3.05) is 13.2 Å². The number of aryl methyl sites for hydroxylation is 1. The molecule has 29 heavy (non-hydrogen) atoms. The fraction of sp³-hybridized carbons (Fsp3) is 0.333. The summed E-state index contributed by atoms with van der Waals surface area (Å²) in [6.45, 7) is 4.80. The topological polar surface area (TPSA) is 81.5 Å². The molecule has 4 rings (SSSR count). The first-order valence-electron chi connectivity index (χ1n) is 9.49. The van der Waals surface area contributed by atoms with Crippen LogP contribution in [0.5, 0.6) is 0 Å². The second-order valence-corrected chi connectivity index (χ2v) is 7.97. The summed E-state index contributed by atoms with van der Waals surface area (Å²) in [5.41, 5.74) is 2.64. The van der Waals surface area contributed by atoms with Crippen LogP contribution < -0.4 is 5.56 Å². The fourth-order valence-electron chi connectivity index (χ4n) is 3.62. The molecular weight excluding hydrogens is 390 g/mol. The molecule has 1 amide bonds. The Bertz CT molecular complexity index is 1160. The summed E-state index contributed by atoms with van der Waals surface area (Å²) in [6, 6.07) is 8.08. The monoisotopic (exact) mass is 411 g/mol. The molecule has 3 heterocycles. The van der Waals surface area contributed by atoms with Gasteiger partial charge in [-0.1, -0.05) is 24.3 Å². The molecule has 0 unspecified atom stereocenters. The average molecular weight is 411 g/mol. The first-order chi connectivity index (χ1) is 14.0. The number of fused-ring (bicyclic) bond motifs is 2. The van der Waals surface area contributed by atoms with E-state index >= 15 is 0 Å². The number of nitrogens with zero attached hydrogens (tertiary/aromatic N) is 3. The van der Waals surface area contributed by atoms with E-state index in [1.165, 1.54) is 16.5 Å². The number of benzene rings is 1. The number of carbonyl (C=O) groups excluding carboxylic acids is 2. The van der Waals surface area contributed by atoms with Crippen LogP contribution in [0.25, 0.3) is 10.2 Å². The van der Waals surface area contributed by atoms with Gasteiger partial charge in [-0.3, -0.25) is 14.2 Å². The Morgan fingerprint density at radius 2 is 2.00 bits per heavy atom. The molecule has 0 saturated heterocycles. The second-order valence-electron chi connectivity index (χ2n) is 6.97. The van der Waals surface area contributed by atoms with Crippen molar-refractivity contribution in [3.63, 3.8) is 0 Å². The average Bonchev–Trinajstić information content (AvgIpc) is 3.07. The lowest BCUT2D eigenvalue weighted by atomic mass is 10.00. The van der Waals surface area contributed by atoms with Gasteiger partial charge in [-0.2, -0.15) is 0 Å². The third kappa shape index (κ3) is 3.55. The van der Waals surface area contributed by atoms with Crippen LogP contribution in [0.2, 0.25) is 0 Å². The molecule has 0 atom stereocenters. The van der Waals surface area contributed by atoms with Crippen molar-refractivity contribution < 1.29 is 14.3 Å². The van der Waals surface area contributed by atoms with Gasteiger partial charge in [0.25, 0.3) is 5.56 Å². The number of ether oxygens (including phenoxy) is 1. The van der Waals surface area contributed by atoms with Crippen molar-refractivity contribution in [1.29, 1.82) is 0 Å². The molecule has 0 fully saturated rings. The van der Waals surface area contributed by atoms with Gasteiger partial charge in [-0.15, -0.1) is 11.3 Å². The van der Waals surface area contributed by atoms with Crippen LogP contribution in [-0.2, 0) is 29.0 Å². The summed E-state index contributed by atoms with van der Waals surface area (Å²) in [7, 11) is 0. The number of thiophene rings is 1. The number of carbonyl (C=O) groups is 2. The van der Waals surface area contributed by atoms with Crippen molar-refractivity contribution in [2.24, 2.45) is 0 Å². The van der Waals surface area contributed by atoms with E-state index in [9.17, 15) is 14.4 Å². The van der Waals surface area contributed by atoms with Gasteiger partial charge in [0, 0.05) is 13.1 Å². The van der Waals surface area contributed by atoms with Crippen molar-refractivity contribution in [3.05, 3.63) is 62.5 Å². The minimum atomic E-state index is -0.456. The summed E-state index contributed by atoms with van der Waals surface area (Å²) in [6.07, 6.45) is 2.19. The van der Waals surface area contributed by atoms with Crippen LogP contribution in [0, 0.1) is 6.92 Å². The molecule has 7 nitrogen and oxygen atoms in total. The van der Waals surface area contributed by atoms with Gasteiger partial charge >= 0.3 is 5.97 Å². The number of hydrogen-bond acceptors (Lipinski definition) is 6. The number of hydrogen-bond donors (Lipinski definition) is 0. The smallest absolute Gasteiger partial charge is 0.348 e. The zero-order chi connectivity index (χ0) is 20.5. The molecule has 0 bridgehead atoms. The Kier molecular flexibility index (Phi) is 5.19. The SMILES string of the molecule is CCOC(=O)c1sc2ncn(CC(=O)N3CCc4ccccc4C3)c(=O)c2c1C. The van der Waals surface area contributed by atoms with Crippen molar-refractivity contribution in [3.8, 4) is 0 Å². The fourth-order valence-corrected chi connectivity index (χ4v) is 4.65. The summed E-state index contributed by atoms with van der Waals surface area (Å²) < 4.78 is 6.37. The number of amides is 1. The molecule has 0 spiro atoms. The van der Waals surface area contributed by atoms with E-state index in [0.717, 1.165) is 23.3 Å². The highest BCUT2D eigenvalue weighted by atomic mass is 32.1. The van der Waals surface area contributed by atoms with Gasteiger partial charge < -0.3 is 9.64 Å². The Morgan fingerprint density at radius 1 is 1.24 bits per heavy atom. The van der Waals surface area contributed by atoms with Crippen LogP contribution in [0.3, 0.4) is 0 Å². The normalized spacial score (nSPS) is 13.4. The van der Waals surface area contributed by atoms with E-state index in [0.29, 0.717) is 33.7 Å². The minimum Gasteiger partial charge on any atom is -0.462 e. The Labute approximate surface area is 171 Å². The summed E-state index contributed by atoms with van der Waals surface area (Å²) in [5.74, 6) is -0.580. The third-order valence-electron chi connectivity index (χ3n) is 5.17. The number of aromatic nitrogens is 2. The molecule has 2 aromatic heterocycles. The molecule has 0 radical (unpaired) electrons. The van der Waals surface area contributed by atoms with Gasteiger partial charge in [0.15, 0.2) is 0 Å². The van der Waals surface area contributed by atoms with E-state index in [-0.39, 0.29) is 24.6 Å². The van der Waals surface area contributed by atoms with Gasteiger partial charge in [0.05, 0.1) is 18.3 Å². The summed E-state index contributed by atoms with van der Waals surface area (Å²) >= 11 is 1.14. The maximum atomic E-state index is 13.0. The highest BCUT2D eigenvalue weighted by Crippen LogP contribution is 2.27. The summed E-state index contributed by atoms with van der Waals surface area (Å²) in [5, 5.41) is 0.373. The van der Waals surface area contributed by atoms with Gasteiger partial charge in [-0.05, 0) is 37.0 Å². The quantitative estimate of drug-likeness (QED) is 0.616. The standard InChI is InChI=1S/C21H21N3O4S/c1-3-28-21(27)18-13(2)17-19(29-18)22-12-24(20(17)26)11-16(25)23-9-8-14-6-4-5-7-15(14)10-23/h4-7,12H,3,8-11H2,1-2H3. The van der Waals surface area contributed by atoms with Crippen molar-refractivity contribution in [2.45, 2.75) is 33.4 Å². The van der Waals surface area contributed by atoms with Crippen LogP contribution in [0.1, 0.15) is 33.3 Å². The Balaban J connectivity index is 1.59. The molecule has 0 aliphatic carbocycles. The lowest BCUT2D eigenvalue weighted by Crippen LogP contribution is -2.39. The molecule has 8 heteroatoms. The van der Waals surface area contributed by atoms with Gasteiger partial charge in [0.2, 0.25) is 5.91 Å². The van der Waals surface area contributed by atoms with E-state index in [1.807, 2.05) is 18.2 Å². The molecule has 0 N–H and O–H groups in total. The molecule has 1 aliphatic rings. The molecular formula is C21H21N3O4S. The predicted molar refractivity (Wildman–Crippen MR) is 110 cm³/mol. The predicted octanol–water partition coefficient (Wildman–Crippen LogP) is 2.53. The Hall–Kier alpha value is -3.00. The van der Waals surface area contributed by atoms with Gasteiger partial charge in [-0.25, -0.2) is 9.78 Å². The van der Waals surface area contributed by atoms with Crippen molar-refractivity contribution >= 4 is 33.4 Å². The van der Waals surface area contributed by atoms with Crippen LogP contribution in [0.15, 0.2) is 35.4 Å². The van der Waals surface area contributed by atoms with Crippen LogP contribution in [-0.4, -0.2) is 39.5 Å². The molecule has 150 valence electrons. The molecule has 1 aromatic carbocycles. The van der Waals surface area contributed by atoms with Crippen LogP contribution in [0.4, 0.5) is 0 Å². The first-order valence-corrected chi connectivity index (χ1v) is 10.3. The highest BCUT2D eigenvalue weighted by molar-refractivity contribution is 7.20. The van der Waals surface area contributed by atoms with E-state index in [4.69, 9.17) is 4.74 Å². The first kappa shape index (κ1) is 19.3. The second kappa shape index (κ2) is 7.79. The van der Waals surface area contributed by atoms with Crippen LogP contribution >= 0.6 is 11.3 Å². The van der Waals surface area contributed by atoms with Crippen molar-refractivity contribution in [1.82, 2.24) is 14.5 Å². The third-order valence-corrected chi connectivity index (χ3v) is 6.35. The van der Waals surface area contributed by atoms with Gasteiger partial charge in [0.1, 0.15) is 16.3 Å². The Morgan fingerprint density at radius 3 is 2.76 bits per heavy atom. The lowest BCUT2D eigenvalue weighted by molar-refractivity contribution is -0.132. The van der Waals surface area contributed by atoms with E-state index in [2.05, 4.69) is 11.1 Å². The zero-order valence-electron chi connectivity index (χ0n) is 16.3. The van der Waals surface area contributed by atoms with E-state index < -0.39 is 5.97 Å². The number of esters is 1. The molecule has 0 saturated carbocycles. The lowest BCUT2D eigenvalue weighted by Gasteiger charge is -2.29.